The van der Waals surface area contributed by atoms with Crippen LogP contribution < -0.4 is 44.2 Å². The molecule has 2 aromatic carbocycles. The molecule has 14 N–H and O–H groups in total. The van der Waals surface area contributed by atoms with Crippen molar-refractivity contribution in [3.8, 4) is 22.6 Å². The highest BCUT2D eigenvalue weighted by Gasteiger charge is 2.30. The Hall–Kier alpha value is -3.95. The summed E-state index contributed by atoms with van der Waals surface area (Å²) in [6, 6.07) is 5.18. The molecule has 0 aliphatic carbocycles. The van der Waals surface area contributed by atoms with Gasteiger partial charge in [-0.25, -0.2) is 0 Å². The van der Waals surface area contributed by atoms with Gasteiger partial charge in [0.25, 0.3) is 0 Å². The minimum Gasteiger partial charge on any atom is -0.508 e. The van der Waals surface area contributed by atoms with E-state index in [4.69, 9.17) is 22.9 Å². The fraction of sp³-hybridized carbons (Fsp3) is 0.429. The van der Waals surface area contributed by atoms with Gasteiger partial charge in [0.05, 0.1) is 6.04 Å². The summed E-state index contributed by atoms with van der Waals surface area (Å²) in [6.07, 6.45) is 0.422. The van der Waals surface area contributed by atoms with Crippen LogP contribution in [0.5, 0.6) is 11.5 Å². The number of amides is 4. The summed E-state index contributed by atoms with van der Waals surface area (Å²) >= 11 is 0. The Kier molecular flexibility index (Phi) is 13.6. The van der Waals surface area contributed by atoms with E-state index in [1.165, 1.54) is 12.1 Å². The Bertz CT molecular complexity index is 1300. The number of hydrogen-bond donors (Lipinski definition) is 10. The van der Waals surface area contributed by atoms with Gasteiger partial charge in [0.15, 0.2) is 0 Å². The highest BCUT2D eigenvalue weighted by Crippen LogP contribution is 2.30. The first-order valence-electron chi connectivity index (χ1n) is 13.8. The fourth-order valence-corrected chi connectivity index (χ4v) is 4.51. The SMILES string of the molecule is Cl.NCCC[C@@H]1NC(=O)[C@@H](N)Cc2cc(ccc2O)-c2ccc(O)c(c2)C[C@@H](C(=O)NC[C@H](N)C(=O)NCCN)NC1=O. The Balaban J connectivity index is 0.00000645. The van der Waals surface area contributed by atoms with E-state index in [1.807, 2.05) is 0 Å². The zero-order chi connectivity index (χ0) is 30.8. The molecule has 0 fully saturated rings. The third-order valence-corrected chi connectivity index (χ3v) is 6.93. The lowest BCUT2D eigenvalue weighted by atomic mass is 9.95. The molecule has 1 heterocycles. The molecule has 4 bridgehead atoms. The zero-order valence-electron chi connectivity index (χ0n) is 23.7. The second-order valence-electron chi connectivity index (χ2n) is 10.2. The number of halogens is 1. The van der Waals surface area contributed by atoms with Crippen LogP contribution in [0.15, 0.2) is 36.4 Å². The number of carbonyl (C=O) groups is 4. The van der Waals surface area contributed by atoms with Crippen LogP contribution in [0.2, 0.25) is 0 Å². The average molecular weight is 621 g/mol. The molecule has 1 aliphatic heterocycles. The van der Waals surface area contributed by atoms with Crippen molar-refractivity contribution in [2.75, 3.05) is 26.2 Å². The number of nitrogens with two attached hydrogens (primary N) is 4. The number of rotatable bonds is 9. The van der Waals surface area contributed by atoms with E-state index in [2.05, 4.69) is 21.3 Å². The summed E-state index contributed by atoms with van der Waals surface area (Å²) in [5, 5.41) is 31.5. The number of hydrogen-bond acceptors (Lipinski definition) is 10. The molecule has 0 spiro atoms. The fourth-order valence-electron chi connectivity index (χ4n) is 4.51. The molecule has 0 radical (unpaired) electrons. The van der Waals surface area contributed by atoms with E-state index in [0.29, 0.717) is 28.7 Å². The van der Waals surface area contributed by atoms with Crippen LogP contribution in [-0.4, -0.2) is 84.2 Å². The second-order valence-corrected chi connectivity index (χ2v) is 10.2. The molecule has 43 heavy (non-hydrogen) atoms. The summed E-state index contributed by atoms with van der Waals surface area (Å²) < 4.78 is 0. The molecule has 1 aliphatic rings. The number of benzene rings is 2. The van der Waals surface area contributed by atoms with Crippen LogP contribution in [0.4, 0.5) is 0 Å². The molecule has 2 aromatic rings. The molecular formula is C28H41ClN8O6. The van der Waals surface area contributed by atoms with Gasteiger partial charge in [0, 0.05) is 32.5 Å². The highest BCUT2D eigenvalue weighted by molar-refractivity contribution is 5.93. The summed E-state index contributed by atoms with van der Waals surface area (Å²) in [6.45, 7) is 0.462. The maximum absolute atomic E-state index is 13.4. The maximum Gasteiger partial charge on any atom is 0.243 e. The van der Waals surface area contributed by atoms with E-state index in [1.54, 1.807) is 24.3 Å². The molecular weight excluding hydrogens is 580 g/mol. The van der Waals surface area contributed by atoms with Crippen molar-refractivity contribution in [2.24, 2.45) is 22.9 Å². The first kappa shape index (κ1) is 35.2. The van der Waals surface area contributed by atoms with Crippen LogP contribution in [0.1, 0.15) is 24.0 Å². The molecule has 14 nitrogen and oxygen atoms in total. The highest BCUT2D eigenvalue weighted by atomic mass is 35.5. The van der Waals surface area contributed by atoms with Crippen molar-refractivity contribution in [3.63, 3.8) is 0 Å². The summed E-state index contributed by atoms with van der Waals surface area (Å²) in [5.74, 6) is -2.61. The van der Waals surface area contributed by atoms with Crippen LogP contribution in [0, 0.1) is 0 Å². The van der Waals surface area contributed by atoms with Crippen LogP contribution >= 0.6 is 12.4 Å². The van der Waals surface area contributed by atoms with Crippen LogP contribution in [-0.2, 0) is 32.0 Å². The van der Waals surface area contributed by atoms with E-state index < -0.39 is 47.8 Å². The molecule has 15 heteroatoms. The smallest absolute Gasteiger partial charge is 0.243 e. The lowest BCUT2D eigenvalue weighted by Gasteiger charge is -2.25. The third kappa shape index (κ3) is 9.80. The van der Waals surface area contributed by atoms with Crippen molar-refractivity contribution < 1.29 is 29.4 Å². The Morgan fingerprint density at radius 1 is 0.907 bits per heavy atom. The summed E-state index contributed by atoms with van der Waals surface area (Å²) in [4.78, 5) is 51.9. The van der Waals surface area contributed by atoms with Crippen molar-refractivity contribution >= 4 is 36.0 Å². The van der Waals surface area contributed by atoms with Gasteiger partial charge < -0.3 is 54.4 Å². The van der Waals surface area contributed by atoms with Gasteiger partial charge in [0.2, 0.25) is 23.6 Å². The van der Waals surface area contributed by atoms with E-state index >= 15 is 0 Å². The van der Waals surface area contributed by atoms with Gasteiger partial charge in [0.1, 0.15) is 29.6 Å². The van der Waals surface area contributed by atoms with Gasteiger partial charge in [-0.15, -0.1) is 12.4 Å². The normalized spacial score (nSPS) is 19.4. The molecule has 4 amide bonds. The molecule has 0 saturated heterocycles. The molecule has 4 atom stereocenters. The molecule has 0 unspecified atom stereocenters. The zero-order valence-corrected chi connectivity index (χ0v) is 24.5. The Morgan fingerprint density at radius 2 is 1.51 bits per heavy atom. The monoisotopic (exact) mass is 620 g/mol. The van der Waals surface area contributed by atoms with Crippen molar-refractivity contribution in [2.45, 2.75) is 49.9 Å². The molecule has 0 aromatic heterocycles. The lowest BCUT2D eigenvalue weighted by molar-refractivity contribution is -0.132. The Labute approximate surface area is 255 Å². The number of nitrogens with one attached hydrogen (secondary N) is 4. The maximum atomic E-state index is 13.4. The largest absolute Gasteiger partial charge is 0.508 e. The van der Waals surface area contributed by atoms with Gasteiger partial charge in [-0.05, 0) is 65.9 Å². The van der Waals surface area contributed by atoms with Gasteiger partial charge in [-0.1, -0.05) is 12.1 Å². The van der Waals surface area contributed by atoms with Gasteiger partial charge in [-0.3, -0.25) is 19.2 Å². The number of phenols is 2. The first-order chi connectivity index (χ1) is 20.0. The average Bonchev–Trinajstić information content (AvgIpc) is 2.97. The number of fused-ring (bicyclic) bond motifs is 5. The minimum atomic E-state index is -1.22. The number of carbonyl (C=O) groups excluding carboxylic acids is 4. The topological polar surface area (TPSA) is 261 Å². The first-order valence-corrected chi connectivity index (χ1v) is 13.8. The minimum absolute atomic E-state index is 0. The Morgan fingerprint density at radius 3 is 2.09 bits per heavy atom. The molecule has 3 rings (SSSR count). The molecule has 236 valence electrons. The lowest BCUT2D eigenvalue weighted by Crippen LogP contribution is -2.57. The van der Waals surface area contributed by atoms with E-state index in [-0.39, 0.29) is 69.3 Å². The van der Waals surface area contributed by atoms with E-state index in [0.717, 1.165) is 0 Å². The van der Waals surface area contributed by atoms with Crippen LogP contribution in [0.3, 0.4) is 0 Å². The van der Waals surface area contributed by atoms with Gasteiger partial charge >= 0.3 is 0 Å². The number of aromatic hydroxyl groups is 2. The number of phenolic OH excluding ortho intramolecular Hbond substituents is 2. The van der Waals surface area contributed by atoms with E-state index in [9.17, 15) is 29.4 Å². The van der Waals surface area contributed by atoms with Crippen molar-refractivity contribution in [1.29, 1.82) is 0 Å². The molecule has 0 saturated carbocycles. The predicted octanol–water partition coefficient (Wildman–Crippen LogP) is -2.16. The third-order valence-electron chi connectivity index (χ3n) is 6.93. The quantitative estimate of drug-likeness (QED) is 0.145. The summed E-state index contributed by atoms with van der Waals surface area (Å²) in [5.41, 5.74) is 25.2. The summed E-state index contributed by atoms with van der Waals surface area (Å²) in [7, 11) is 0. The predicted molar refractivity (Wildman–Crippen MR) is 163 cm³/mol. The second kappa shape index (κ2) is 16.6. The van der Waals surface area contributed by atoms with Gasteiger partial charge in [-0.2, -0.15) is 0 Å². The van der Waals surface area contributed by atoms with Crippen LogP contribution in [0.25, 0.3) is 11.1 Å². The van der Waals surface area contributed by atoms with Crippen molar-refractivity contribution in [1.82, 2.24) is 21.3 Å². The van der Waals surface area contributed by atoms with Crippen molar-refractivity contribution in [3.05, 3.63) is 47.5 Å². The standard InChI is InChI=1S/C28H40N8O6.ClH/c29-7-1-2-21-28(42)36-22(27(41)34-14-20(32)25(39)33-9-8-30)13-18-11-16(4-6-24(18)38)15-3-5-23(37)17(10-15)12-19(31)26(40)35-21;/h3-6,10-11,19-22,37-38H,1-2,7-9,12-14,29-32H2,(H,33,39)(H,34,41)(H,35,40)(H,36,42);1H/t19-,20-,21-,22-;/m0./s1.